The van der Waals surface area contributed by atoms with Gasteiger partial charge in [-0.15, -0.1) is 11.8 Å². The molecule has 0 unspecified atom stereocenters. The number of carboxylic acids is 1. The lowest BCUT2D eigenvalue weighted by atomic mass is 10.1. The monoisotopic (exact) mass is 328 g/mol. The van der Waals surface area contributed by atoms with Gasteiger partial charge >= 0.3 is 5.97 Å². The molecule has 128 valence electrons. The highest BCUT2D eigenvalue weighted by Crippen LogP contribution is 2.27. The Kier molecular flexibility index (Phi) is 17.0. The van der Waals surface area contributed by atoms with Gasteiger partial charge in [-0.25, -0.2) is 0 Å². The first-order valence-corrected chi connectivity index (χ1v) is 9.00. The van der Waals surface area contributed by atoms with E-state index >= 15 is 0 Å². The standard InChI is InChI=1S/C12H18OS.C3H6O2.C3H8/c1-4-8-14-12-7-6-11(13-3)9-10(12)5-2;1-2-3(4)5;1-3-2/h6-7,9H,4-5,8H2,1-3H3;2H2,1H3,(H,4,5);3H2,1-2H3. The Morgan fingerprint density at radius 3 is 2.09 bits per heavy atom. The Balaban J connectivity index is 0. The number of ether oxygens (including phenoxy) is 1. The van der Waals surface area contributed by atoms with Gasteiger partial charge in [-0.05, 0) is 42.4 Å². The van der Waals surface area contributed by atoms with Crippen molar-refractivity contribution in [3.8, 4) is 5.75 Å². The summed E-state index contributed by atoms with van der Waals surface area (Å²) >= 11 is 1.94. The van der Waals surface area contributed by atoms with Crippen molar-refractivity contribution in [1.29, 1.82) is 0 Å². The number of aryl methyl sites for hydroxylation is 1. The van der Waals surface area contributed by atoms with Crippen LogP contribution in [-0.4, -0.2) is 23.9 Å². The van der Waals surface area contributed by atoms with E-state index < -0.39 is 5.97 Å². The molecule has 0 aromatic heterocycles. The fourth-order valence-corrected chi connectivity index (χ4v) is 2.29. The lowest BCUT2D eigenvalue weighted by Gasteiger charge is -2.08. The first-order chi connectivity index (χ1) is 10.5. The molecule has 0 aliphatic carbocycles. The molecular formula is C18H32O3S. The van der Waals surface area contributed by atoms with E-state index in [0.29, 0.717) is 0 Å². The summed E-state index contributed by atoms with van der Waals surface area (Å²) in [6.07, 6.45) is 3.77. The summed E-state index contributed by atoms with van der Waals surface area (Å²) in [5.74, 6) is 1.41. The summed E-state index contributed by atoms with van der Waals surface area (Å²) in [7, 11) is 1.72. The fourth-order valence-electron chi connectivity index (χ4n) is 1.31. The van der Waals surface area contributed by atoms with Gasteiger partial charge in [0.15, 0.2) is 0 Å². The van der Waals surface area contributed by atoms with Crippen LogP contribution in [0, 0.1) is 0 Å². The third-order valence-corrected chi connectivity index (χ3v) is 3.73. The maximum Gasteiger partial charge on any atom is 0.303 e. The molecule has 0 heterocycles. The molecule has 0 atom stereocenters. The number of methoxy groups -OCH3 is 1. The van der Waals surface area contributed by atoms with Crippen molar-refractivity contribution >= 4 is 17.7 Å². The summed E-state index contributed by atoms with van der Waals surface area (Å²) in [5.41, 5.74) is 1.39. The molecule has 4 heteroatoms. The van der Waals surface area contributed by atoms with E-state index in [9.17, 15) is 4.79 Å². The Bertz CT molecular complexity index is 392. The normalized spacial score (nSPS) is 9.00. The van der Waals surface area contributed by atoms with Gasteiger partial charge in [-0.3, -0.25) is 4.79 Å². The van der Waals surface area contributed by atoms with Crippen molar-refractivity contribution in [2.45, 2.75) is 65.2 Å². The van der Waals surface area contributed by atoms with Crippen molar-refractivity contribution in [1.82, 2.24) is 0 Å². The first-order valence-electron chi connectivity index (χ1n) is 8.01. The smallest absolute Gasteiger partial charge is 0.303 e. The minimum absolute atomic E-state index is 0.222. The SMILES string of the molecule is CCC.CCC(=O)O.CCCSc1ccc(OC)cc1CC. The number of aliphatic carboxylic acids is 1. The second kappa shape index (κ2) is 16.2. The first kappa shape index (κ1) is 23.1. The van der Waals surface area contributed by atoms with Crippen LogP contribution in [-0.2, 0) is 11.2 Å². The van der Waals surface area contributed by atoms with Crippen LogP contribution in [0.15, 0.2) is 23.1 Å². The third-order valence-electron chi connectivity index (χ3n) is 2.41. The second-order valence-electron chi connectivity index (χ2n) is 4.63. The fraction of sp³-hybridized carbons (Fsp3) is 0.611. The predicted octanol–water partition coefficient (Wildman–Crippen LogP) is 5.66. The number of benzene rings is 1. The van der Waals surface area contributed by atoms with E-state index in [1.807, 2.05) is 17.8 Å². The Labute approximate surface area is 140 Å². The van der Waals surface area contributed by atoms with Crippen LogP contribution in [0.25, 0.3) is 0 Å². The summed E-state index contributed by atoms with van der Waals surface area (Å²) < 4.78 is 5.21. The molecule has 3 nitrogen and oxygen atoms in total. The highest BCUT2D eigenvalue weighted by atomic mass is 32.2. The lowest BCUT2D eigenvalue weighted by Crippen LogP contribution is -1.89. The van der Waals surface area contributed by atoms with Crippen LogP contribution in [0.5, 0.6) is 5.75 Å². The molecule has 0 saturated carbocycles. The largest absolute Gasteiger partial charge is 0.497 e. The van der Waals surface area contributed by atoms with Gasteiger partial charge in [0.05, 0.1) is 7.11 Å². The molecule has 1 aromatic carbocycles. The minimum Gasteiger partial charge on any atom is -0.497 e. The molecule has 0 aliphatic heterocycles. The van der Waals surface area contributed by atoms with Crippen LogP contribution in [0.3, 0.4) is 0 Å². The zero-order chi connectivity index (χ0) is 17.4. The zero-order valence-corrected chi connectivity index (χ0v) is 15.8. The summed E-state index contributed by atoms with van der Waals surface area (Å²) in [4.78, 5) is 10.8. The van der Waals surface area contributed by atoms with Gasteiger partial charge in [-0.1, -0.05) is 41.0 Å². The molecule has 0 aliphatic rings. The van der Waals surface area contributed by atoms with Crippen LogP contribution in [0.4, 0.5) is 0 Å². The molecule has 0 bridgehead atoms. The maximum atomic E-state index is 9.37. The third kappa shape index (κ3) is 12.6. The number of thioether (sulfide) groups is 1. The van der Waals surface area contributed by atoms with Crippen LogP contribution >= 0.6 is 11.8 Å². The topological polar surface area (TPSA) is 46.5 Å². The maximum absolute atomic E-state index is 9.37. The van der Waals surface area contributed by atoms with Gasteiger partial charge < -0.3 is 9.84 Å². The van der Waals surface area contributed by atoms with Gasteiger partial charge in [-0.2, -0.15) is 0 Å². The molecule has 22 heavy (non-hydrogen) atoms. The molecule has 1 aromatic rings. The number of hydrogen-bond acceptors (Lipinski definition) is 3. The molecule has 0 saturated heterocycles. The summed E-state index contributed by atoms with van der Waals surface area (Å²) in [6, 6.07) is 6.34. The molecule has 1 rings (SSSR count). The number of rotatable bonds is 6. The Morgan fingerprint density at radius 1 is 1.18 bits per heavy atom. The molecule has 0 fully saturated rings. The highest BCUT2D eigenvalue weighted by molar-refractivity contribution is 7.99. The molecule has 0 amide bonds. The van der Waals surface area contributed by atoms with E-state index in [0.717, 1.165) is 12.2 Å². The van der Waals surface area contributed by atoms with E-state index in [1.165, 1.54) is 29.1 Å². The Hall–Kier alpha value is -1.16. The van der Waals surface area contributed by atoms with E-state index in [2.05, 4.69) is 39.8 Å². The lowest BCUT2D eigenvalue weighted by molar-refractivity contribution is -0.136. The van der Waals surface area contributed by atoms with Gasteiger partial charge in [0.2, 0.25) is 0 Å². The van der Waals surface area contributed by atoms with Crippen LogP contribution < -0.4 is 4.74 Å². The van der Waals surface area contributed by atoms with E-state index in [1.54, 1.807) is 14.0 Å². The molecular weight excluding hydrogens is 296 g/mol. The van der Waals surface area contributed by atoms with Crippen molar-refractivity contribution in [3.05, 3.63) is 23.8 Å². The van der Waals surface area contributed by atoms with Gasteiger partial charge in [0, 0.05) is 11.3 Å². The van der Waals surface area contributed by atoms with Gasteiger partial charge in [0.1, 0.15) is 5.75 Å². The average Bonchev–Trinajstić information content (AvgIpc) is 2.54. The Morgan fingerprint density at radius 2 is 1.73 bits per heavy atom. The van der Waals surface area contributed by atoms with E-state index in [4.69, 9.17) is 9.84 Å². The van der Waals surface area contributed by atoms with Crippen LogP contribution in [0.1, 0.15) is 59.4 Å². The molecule has 0 spiro atoms. The average molecular weight is 329 g/mol. The number of hydrogen-bond donors (Lipinski definition) is 1. The molecule has 1 N–H and O–H groups in total. The number of carboxylic acid groups (broad SMARTS) is 1. The summed E-state index contributed by atoms with van der Waals surface area (Å²) in [6.45, 7) is 10.2. The van der Waals surface area contributed by atoms with Gasteiger partial charge in [0.25, 0.3) is 0 Å². The predicted molar refractivity (Wildman–Crippen MR) is 97.3 cm³/mol. The summed E-state index contributed by atoms with van der Waals surface area (Å²) in [5, 5.41) is 7.72. The molecule has 0 radical (unpaired) electrons. The van der Waals surface area contributed by atoms with E-state index in [-0.39, 0.29) is 6.42 Å². The zero-order valence-electron chi connectivity index (χ0n) is 14.9. The van der Waals surface area contributed by atoms with Crippen molar-refractivity contribution < 1.29 is 14.6 Å². The minimum atomic E-state index is -0.745. The number of carbonyl (C=O) groups is 1. The van der Waals surface area contributed by atoms with Crippen molar-refractivity contribution in [2.75, 3.05) is 12.9 Å². The second-order valence-corrected chi connectivity index (χ2v) is 5.77. The van der Waals surface area contributed by atoms with Crippen molar-refractivity contribution in [2.24, 2.45) is 0 Å². The highest BCUT2D eigenvalue weighted by Gasteiger charge is 2.02. The van der Waals surface area contributed by atoms with Crippen LogP contribution in [0.2, 0.25) is 0 Å². The van der Waals surface area contributed by atoms with Crippen molar-refractivity contribution in [3.63, 3.8) is 0 Å². The quantitative estimate of drug-likeness (QED) is 0.685.